The molecule has 0 spiro atoms. The third-order valence-electron chi connectivity index (χ3n) is 28.1. The minimum Gasteiger partial charge on any atom is -0.507 e. The molecule has 0 amide bonds. The predicted octanol–water partition coefficient (Wildman–Crippen LogP) is 34.6. The molecule has 15 aromatic rings. The lowest BCUT2D eigenvalue weighted by molar-refractivity contribution is 0.422. The van der Waals surface area contributed by atoms with E-state index in [1.807, 2.05) is 0 Å². The molecule has 10 heteroatoms. The number of phenols is 2. The van der Waals surface area contributed by atoms with Gasteiger partial charge >= 0.3 is 0 Å². The number of nitrogens with one attached hydrogen (secondary N) is 4. The molecule has 0 aliphatic carbocycles. The Hall–Kier alpha value is -11.9. The maximum absolute atomic E-state index is 12.7. The van der Waals surface area contributed by atoms with Gasteiger partial charge in [-0.1, -0.05) is 322 Å². The number of aromatic hydroxyl groups is 2. The second kappa shape index (κ2) is 31.3. The first-order valence-electron chi connectivity index (χ1n) is 48.6. The largest absolute Gasteiger partial charge is 0.507 e. The number of nitrogens with zero attached hydrogens (tertiary/aromatic N) is 4. The van der Waals surface area contributed by atoms with E-state index in [0.29, 0.717) is 11.5 Å². The van der Waals surface area contributed by atoms with Crippen LogP contribution in [0, 0.1) is 0 Å². The molecule has 692 valence electrons. The lowest BCUT2D eigenvalue weighted by atomic mass is 9.77. The van der Waals surface area contributed by atoms with Crippen LogP contribution in [0.5, 0.6) is 11.5 Å². The zero-order chi connectivity index (χ0) is 97.4. The summed E-state index contributed by atoms with van der Waals surface area (Å²) in [6.45, 7) is 82.0. The minimum absolute atomic E-state index is 0.228. The molecule has 0 saturated heterocycles. The monoisotopic (exact) mass is 1780 g/mol. The van der Waals surface area contributed by atoms with Crippen molar-refractivity contribution in [2.75, 3.05) is 0 Å². The van der Waals surface area contributed by atoms with Gasteiger partial charge in [0.15, 0.2) is 0 Å². The highest BCUT2D eigenvalue weighted by Crippen LogP contribution is 2.52. The molecule has 10 nitrogen and oxygen atoms in total. The van der Waals surface area contributed by atoms with Crippen molar-refractivity contribution in [1.82, 2.24) is 39.9 Å². The SMILES string of the molecule is CC(C)(C)c1cc(-c2c3nc(c(-c4cc(C(C)(C)C)c(O)c(C(C)(C)C)c4)c4ccc([nH]4)c(-c4cc(C(C)(C)C)cc(C(C)(C)C)c4)c4cc5c(n4)c(c4ccc2[nH]4)c2cc4nc2c5c2ccc([nH]2)c(-c2cc(C(C)(C)C)cc(C(C)(C)C)c2)c2nc(c(-c5cc(C(C)(C)C)c(O)c(C(C)(C)C)c5)c5ccc([nH]5)c4-c4cc(C(C)(C)C)cc(C(C)(C)C)c4)C=C2)C=C3)cc(C(C)(C)C)c1. The van der Waals surface area contributed by atoms with Crippen molar-refractivity contribution in [2.45, 2.75) is 314 Å². The van der Waals surface area contributed by atoms with Crippen LogP contribution in [0.2, 0.25) is 0 Å². The van der Waals surface area contributed by atoms with Gasteiger partial charge in [0.05, 0.1) is 44.8 Å². The Bertz CT molecular complexity index is 7060. The minimum atomic E-state index is -0.444. The van der Waals surface area contributed by atoms with E-state index >= 15 is 0 Å². The van der Waals surface area contributed by atoms with Gasteiger partial charge in [-0.3, -0.25) is 0 Å². The maximum atomic E-state index is 12.7. The lowest BCUT2D eigenvalue weighted by Gasteiger charge is -2.28. The Morgan fingerprint density at radius 1 is 0.194 bits per heavy atom. The van der Waals surface area contributed by atoms with Crippen LogP contribution in [-0.4, -0.2) is 50.1 Å². The highest BCUT2D eigenvalue weighted by Gasteiger charge is 2.36. The zero-order valence-electron chi connectivity index (χ0n) is 87.0. The Morgan fingerprint density at radius 3 is 0.575 bits per heavy atom. The highest BCUT2D eigenvalue weighted by atomic mass is 16.3. The smallest absolute Gasteiger partial charge is 0.123 e. The molecule has 8 aromatic heterocycles. The van der Waals surface area contributed by atoms with E-state index in [2.05, 4.69) is 451 Å². The van der Waals surface area contributed by atoms with Crippen molar-refractivity contribution >= 4 is 112 Å². The number of aromatic nitrogens is 8. The maximum Gasteiger partial charge on any atom is 0.123 e. The van der Waals surface area contributed by atoms with Crippen molar-refractivity contribution in [3.63, 3.8) is 0 Å². The van der Waals surface area contributed by atoms with Gasteiger partial charge in [0.25, 0.3) is 0 Å². The van der Waals surface area contributed by atoms with E-state index in [-0.39, 0.29) is 43.3 Å². The lowest BCUT2D eigenvalue weighted by Crippen LogP contribution is -2.17. The highest BCUT2D eigenvalue weighted by molar-refractivity contribution is 6.32. The second-order valence-electron chi connectivity index (χ2n) is 51.4. The van der Waals surface area contributed by atoms with Gasteiger partial charge in [0, 0.05) is 121 Å². The molecule has 6 N–H and O–H groups in total. The van der Waals surface area contributed by atoms with Crippen LogP contribution in [0.3, 0.4) is 0 Å². The molecule has 16 bridgehead atoms. The van der Waals surface area contributed by atoms with Crippen LogP contribution in [0.4, 0.5) is 0 Å². The number of hydrogen-bond donors (Lipinski definition) is 6. The standard InChI is InChI=1S/C124H144N8O2/c1-113(2,3)73-49-67(50-74(61-73)114(4,5)6)101-87-37-39-91(125-87)103(71-57-83(121(25,26)27)111(133)84(58-71)122(28,29)30)93-41-43-95(127-93)105(69-53-77(117(13,14)15)63-78(54-69)118(16,17)18)100-66-82-108-98-48-46-90(130-98)102(68-51-75(115(7,8)9)62-76(52-68)116(10,11)12)88-38-40-92(126-88)104(72-59-85(123(31,32)33)112(134)86(60-72)124(34,35)36)94-42-44-96(128-94)106(70-55-79(119(19,20)21)64-80(56-70)120(22,23)24)99-65-81(110(108)132-99)107(109(82)131-100)97-47-45-89(101)129-97/h37-66,127-130,133-134H,1-36H3. The quantitative estimate of drug-likeness (QED) is 0.0974. The Kier molecular flexibility index (Phi) is 22.0. The Balaban J connectivity index is 1.17. The molecule has 0 saturated carbocycles. The fourth-order valence-electron chi connectivity index (χ4n) is 19.7. The fourth-order valence-corrected chi connectivity index (χ4v) is 19.7. The summed E-state index contributed by atoms with van der Waals surface area (Å²) in [4.78, 5) is 42.0. The molecule has 0 atom stereocenters. The number of phenolic OH excluding ortho intramolecular Hbond substituents is 2. The molecular formula is C124H144N8O2. The van der Waals surface area contributed by atoms with Gasteiger partial charge < -0.3 is 30.1 Å². The number of fused-ring (bicyclic) bond motifs is 18. The van der Waals surface area contributed by atoms with E-state index in [0.717, 1.165) is 200 Å². The predicted molar refractivity (Wildman–Crippen MR) is 577 cm³/mol. The summed E-state index contributed by atoms with van der Waals surface area (Å²) in [5, 5.41) is 29.0. The van der Waals surface area contributed by atoms with Gasteiger partial charge in [-0.15, -0.1) is 0 Å². The first kappa shape index (κ1) is 93.9. The first-order chi connectivity index (χ1) is 61.7. The Morgan fingerprint density at radius 2 is 0.373 bits per heavy atom. The average Bonchev–Trinajstić information content (AvgIpc) is 1.57. The molecule has 10 heterocycles. The van der Waals surface area contributed by atoms with E-state index in [4.69, 9.17) is 19.9 Å². The molecule has 0 unspecified atom stereocenters. The third kappa shape index (κ3) is 17.3. The van der Waals surface area contributed by atoms with Crippen LogP contribution in [-0.2, 0) is 65.0 Å². The van der Waals surface area contributed by atoms with Gasteiger partial charge in [-0.2, -0.15) is 0 Å². The van der Waals surface area contributed by atoms with Crippen molar-refractivity contribution in [2.24, 2.45) is 0 Å². The molecule has 0 fully saturated rings. The normalized spacial score (nSPS) is 13.8. The van der Waals surface area contributed by atoms with E-state index < -0.39 is 21.7 Å². The first-order valence-corrected chi connectivity index (χ1v) is 48.6. The average molecular weight is 1780 g/mol. The van der Waals surface area contributed by atoms with Crippen molar-refractivity contribution < 1.29 is 10.2 Å². The number of H-pyrrole nitrogens is 4. The topological polar surface area (TPSA) is 155 Å². The van der Waals surface area contributed by atoms with Crippen LogP contribution in [0.15, 0.2) is 158 Å². The molecule has 0 radical (unpaired) electrons. The molecular weight excluding hydrogens is 1630 g/mol. The summed E-state index contributed by atoms with van der Waals surface area (Å²) in [5.74, 6) is 0.630. The van der Waals surface area contributed by atoms with Crippen LogP contribution in [0.25, 0.3) is 179 Å². The zero-order valence-corrected chi connectivity index (χ0v) is 87.0. The van der Waals surface area contributed by atoms with E-state index in [1.165, 1.54) is 44.5 Å². The fraction of sp³-hybridized carbons (Fsp3) is 0.387. The van der Waals surface area contributed by atoms with Crippen LogP contribution in [0.1, 0.15) is 339 Å². The molecule has 134 heavy (non-hydrogen) atoms. The van der Waals surface area contributed by atoms with Crippen LogP contribution >= 0.6 is 0 Å². The summed E-state index contributed by atoms with van der Waals surface area (Å²) < 4.78 is 0. The van der Waals surface area contributed by atoms with E-state index in [1.54, 1.807) is 0 Å². The summed E-state index contributed by atoms with van der Waals surface area (Å²) >= 11 is 0. The summed E-state index contributed by atoms with van der Waals surface area (Å²) in [6, 6.07) is 60.7. The van der Waals surface area contributed by atoms with Crippen molar-refractivity contribution in [3.8, 4) is 78.3 Å². The number of rotatable bonds is 6. The van der Waals surface area contributed by atoms with Crippen molar-refractivity contribution in [1.29, 1.82) is 0 Å². The molecule has 17 rings (SSSR count). The van der Waals surface area contributed by atoms with Crippen LogP contribution < -0.4 is 0 Å². The van der Waals surface area contributed by atoms with Crippen molar-refractivity contribution in [3.05, 3.63) is 247 Å². The summed E-state index contributed by atoms with van der Waals surface area (Å²) in [5.41, 5.74) is 34.5. The van der Waals surface area contributed by atoms with Gasteiger partial charge in [0.2, 0.25) is 0 Å². The number of hydrogen-bond acceptors (Lipinski definition) is 6. The third-order valence-corrected chi connectivity index (χ3v) is 28.1. The van der Waals surface area contributed by atoms with Gasteiger partial charge in [0.1, 0.15) is 11.5 Å². The van der Waals surface area contributed by atoms with Gasteiger partial charge in [-0.05, 0) is 252 Å². The molecule has 7 aromatic carbocycles. The summed E-state index contributed by atoms with van der Waals surface area (Å²) in [7, 11) is 0. The Labute approximate surface area is 796 Å². The van der Waals surface area contributed by atoms with E-state index in [9.17, 15) is 10.2 Å². The van der Waals surface area contributed by atoms with Gasteiger partial charge in [-0.25, -0.2) is 19.9 Å². The molecule has 2 aliphatic heterocycles. The second-order valence-corrected chi connectivity index (χ2v) is 51.4. The summed E-state index contributed by atoms with van der Waals surface area (Å²) in [6.07, 6.45) is 8.87. The number of aromatic amines is 4. The molecule has 2 aliphatic rings. The number of benzene rings is 7.